The van der Waals surface area contributed by atoms with Crippen LogP contribution < -0.4 is 0 Å². The Bertz CT molecular complexity index is 850. The Kier molecular flexibility index (Phi) is 7.65. The molecule has 1 fully saturated rings. The van der Waals surface area contributed by atoms with Gasteiger partial charge < -0.3 is 0 Å². The van der Waals surface area contributed by atoms with Gasteiger partial charge in [0.2, 0.25) is 0 Å². The fourth-order valence-electron chi connectivity index (χ4n) is 4.72. The van der Waals surface area contributed by atoms with Crippen LogP contribution in [0.5, 0.6) is 0 Å². The Hall–Kier alpha value is -1.51. The van der Waals surface area contributed by atoms with Crippen molar-refractivity contribution in [1.29, 1.82) is 0 Å². The highest BCUT2D eigenvalue weighted by molar-refractivity contribution is 7.98. The Morgan fingerprint density at radius 1 is 1.17 bits per heavy atom. The molecule has 1 aliphatic heterocycles. The molecule has 2 unspecified atom stereocenters. The van der Waals surface area contributed by atoms with Gasteiger partial charge in [-0.15, -0.1) is 11.8 Å². The van der Waals surface area contributed by atoms with Crippen molar-refractivity contribution in [1.82, 2.24) is 4.90 Å². The van der Waals surface area contributed by atoms with Gasteiger partial charge in [0, 0.05) is 17.5 Å². The summed E-state index contributed by atoms with van der Waals surface area (Å²) in [6, 6.07) is 12.2. The lowest BCUT2D eigenvalue weighted by Crippen LogP contribution is -2.36. The summed E-state index contributed by atoms with van der Waals surface area (Å²) in [6.45, 7) is 13.6. The number of allylic oxidation sites excluding steroid dienone is 1. The smallest absolute Gasteiger partial charge is 0.0354 e. The molecule has 0 bridgehead atoms. The molecule has 0 amide bonds. The second-order valence-electron chi connectivity index (χ2n) is 8.61. The van der Waals surface area contributed by atoms with Crippen molar-refractivity contribution in [3.63, 3.8) is 0 Å². The standard InChI is InChI=1S/C27H37NS/c1-7-9-25-21(5)20(4)17-22(8-2)26(25)18-28-15-14-19(3)16-27(28)23-10-12-24(29-6)13-11-23/h7,9-13,17,19,27H,8,14-16,18H2,1-6H3/b9-7-. The van der Waals surface area contributed by atoms with Crippen molar-refractivity contribution in [3.05, 3.63) is 69.8 Å². The number of piperidine rings is 1. The molecule has 1 heterocycles. The molecule has 2 atom stereocenters. The summed E-state index contributed by atoms with van der Waals surface area (Å²) < 4.78 is 0. The molecule has 156 valence electrons. The van der Waals surface area contributed by atoms with Gasteiger partial charge in [-0.3, -0.25) is 4.90 Å². The van der Waals surface area contributed by atoms with Crippen molar-refractivity contribution in [3.8, 4) is 0 Å². The van der Waals surface area contributed by atoms with E-state index < -0.39 is 0 Å². The van der Waals surface area contributed by atoms with Crippen LogP contribution in [0.1, 0.15) is 73.0 Å². The number of thioether (sulfide) groups is 1. The van der Waals surface area contributed by atoms with Gasteiger partial charge in [-0.1, -0.05) is 44.2 Å². The summed E-state index contributed by atoms with van der Waals surface area (Å²) in [6.07, 6.45) is 10.3. The third-order valence-electron chi connectivity index (χ3n) is 6.65. The third kappa shape index (κ3) is 4.98. The molecule has 0 aliphatic carbocycles. The maximum Gasteiger partial charge on any atom is 0.0354 e. The molecule has 1 aliphatic rings. The number of likely N-dealkylation sites (tertiary alicyclic amines) is 1. The van der Waals surface area contributed by atoms with E-state index >= 15 is 0 Å². The van der Waals surface area contributed by atoms with E-state index in [4.69, 9.17) is 0 Å². The summed E-state index contributed by atoms with van der Waals surface area (Å²) in [4.78, 5) is 4.09. The van der Waals surface area contributed by atoms with Crippen LogP contribution in [0, 0.1) is 19.8 Å². The molecule has 2 aromatic rings. The fraction of sp³-hybridized carbons (Fsp3) is 0.481. The first-order valence-electron chi connectivity index (χ1n) is 11.1. The van der Waals surface area contributed by atoms with Crippen molar-refractivity contribution >= 4 is 17.8 Å². The van der Waals surface area contributed by atoms with E-state index in [1.165, 1.54) is 57.7 Å². The number of hydrogen-bond donors (Lipinski definition) is 0. The Morgan fingerprint density at radius 2 is 1.90 bits per heavy atom. The highest BCUT2D eigenvalue weighted by atomic mass is 32.2. The lowest BCUT2D eigenvalue weighted by molar-refractivity contribution is 0.110. The highest BCUT2D eigenvalue weighted by Gasteiger charge is 2.28. The van der Waals surface area contributed by atoms with Gasteiger partial charge in [-0.2, -0.15) is 0 Å². The highest BCUT2D eigenvalue weighted by Crippen LogP contribution is 2.37. The zero-order chi connectivity index (χ0) is 21.0. The quantitative estimate of drug-likeness (QED) is 0.454. The number of nitrogens with zero attached hydrogens (tertiary/aromatic N) is 1. The van der Waals surface area contributed by atoms with Crippen LogP contribution in [-0.2, 0) is 13.0 Å². The molecule has 0 saturated carbocycles. The fourth-order valence-corrected chi connectivity index (χ4v) is 5.13. The van der Waals surface area contributed by atoms with Gasteiger partial charge in [-0.05, 0) is 104 Å². The number of hydrogen-bond acceptors (Lipinski definition) is 2. The van der Waals surface area contributed by atoms with E-state index in [0.717, 1.165) is 18.9 Å². The van der Waals surface area contributed by atoms with E-state index in [9.17, 15) is 0 Å². The predicted octanol–water partition coefficient (Wildman–Crippen LogP) is 7.59. The van der Waals surface area contributed by atoms with Crippen LogP contribution in [0.2, 0.25) is 0 Å². The van der Waals surface area contributed by atoms with Crippen molar-refractivity contribution < 1.29 is 0 Å². The average molecular weight is 408 g/mol. The molecule has 2 aromatic carbocycles. The van der Waals surface area contributed by atoms with E-state index in [1.807, 2.05) is 11.8 Å². The minimum Gasteiger partial charge on any atom is -0.292 e. The zero-order valence-corrected chi connectivity index (χ0v) is 19.9. The summed E-state index contributed by atoms with van der Waals surface area (Å²) in [7, 11) is 0. The van der Waals surface area contributed by atoms with Crippen molar-refractivity contribution in [2.45, 2.75) is 71.4 Å². The summed E-state index contributed by atoms with van der Waals surface area (Å²) >= 11 is 1.82. The van der Waals surface area contributed by atoms with Crippen LogP contribution in [0.15, 0.2) is 41.3 Å². The van der Waals surface area contributed by atoms with Gasteiger partial charge in [-0.25, -0.2) is 0 Å². The topological polar surface area (TPSA) is 3.24 Å². The summed E-state index contributed by atoms with van der Waals surface area (Å²) in [5, 5.41) is 0. The molecule has 0 radical (unpaired) electrons. The summed E-state index contributed by atoms with van der Waals surface area (Å²) in [5.74, 6) is 0.789. The monoisotopic (exact) mass is 407 g/mol. The minimum atomic E-state index is 0.513. The van der Waals surface area contributed by atoms with Crippen LogP contribution in [0.4, 0.5) is 0 Å². The van der Waals surface area contributed by atoms with E-state index in [-0.39, 0.29) is 0 Å². The minimum absolute atomic E-state index is 0.513. The molecule has 3 rings (SSSR count). The SMILES string of the molecule is C/C=C\c1c(C)c(C)cc(CC)c1CN1CCC(C)CC1c1ccc(SC)cc1. The predicted molar refractivity (Wildman–Crippen MR) is 130 cm³/mol. The Labute approximate surface area is 182 Å². The maximum atomic E-state index is 2.74. The Morgan fingerprint density at radius 3 is 2.52 bits per heavy atom. The number of aryl methyl sites for hydroxylation is 2. The summed E-state index contributed by atoms with van der Waals surface area (Å²) in [5.41, 5.74) is 8.81. The molecule has 0 aromatic heterocycles. The third-order valence-corrected chi connectivity index (χ3v) is 7.39. The van der Waals surface area contributed by atoms with Crippen LogP contribution in [0.25, 0.3) is 6.08 Å². The first-order chi connectivity index (χ1) is 14.0. The average Bonchev–Trinajstić information content (AvgIpc) is 2.74. The van der Waals surface area contributed by atoms with Crippen molar-refractivity contribution in [2.24, 2.45) is 5.92 Å². The molecule has 0 N–H and O–H groups in total. The number of rotatable bonds is 6. The number of benzene rings is 2. The van der Waals surface area contributed by atoms with E-state index in [0.29, 0.717) is 6.04 Å². The molecule has 1 nitrogen and oxygen atoms in total. The lowest BCUT2D eigenvalue weighted by atomic mass is 9.86. The van der Waals surface area contributed by atoms with E-state index in [2.05, 4.69) is 88.3 Å². The van der Waals surface area contributed by atoms with Gasteiger partial charge >= 0.3 is 0 Å². The first kappa shape index (κ1) is 22.2. The molecule has 0 spiro atoms. The first-order valence-corrected chi connectivity index (χ1v) is 12.3. The molecule has 29 heavy (non-hydrogen) atoms. The second kappa shape index (κ2) is 10.00. The van der Waals surface area contributed by atoms with Gasteiger partial charge in [0.15, 0.2) is 0 Å². The normalized spacial score (nSPS) is 20.5. The largest absolute Gasteiger partial charge is 0.292 e. The molecular weight excluding hydrogens is 370 g/mol. The van der Waals surface area contributed by atoms with Gasteiger partial charge in [0.05, 0.1) is 0 Å². The Balaban J connectivity index is 1.99. The molecular formula is C27H37NS. The second-order valence-corrected chi connectivity index (χ2v) is 9.49. The van der Waals surface area contributed by atoms with Crippen LogP contribution >= 0.6 is 11.8 Å². The molecule has 2 heteroatoms. The molecule has 1 saturated heterocycles. The van der Waals surface area contributed by atoms with E-state index in [1.54, 1.807) is 0 Å². The maximum absolute atomic E-state index is 2.74. The van der Waals surface area contributed by atoms with Gasteiger partial charge in [0.1, 0.15) is 0 Å². The lowest BCUT2D eigenvalue weighted by Gasteiger charge is -2.40. The van der Waals surface area contributed by atoms with Crippen molar-refractivity contribution in [2.75, 3.05) is 12.8 Å². The van der Waals surface area contributed by atoms with Crippen LogP contribution in [-0.4, -0.2) is 17.7 Å². The zero-order valence-electron chi connectivity index (χ0n) is 19.1. The van der Waals surface area contributed by atoms with Crippen LogP contribution in [0.3, 0.4) is 0 Å². The van der Waals surface area contributed by atoms with Gasteiger partial charge in [0.25, 0.3) is 0 Å².